The highest BCUT2D eigenvalue weighted by Gasteiger charge is 2.36. The Balaban J connectivity index is 2.27. The SMILES string of the molecule is CC(C)n1cc(Cl)cc1C(=O)N1CC(CO)OC(C)(C)C1. The fraction of sp³-hybridized carbons (Fsp3) is 0.667. The highest BCUT2D eigenvalue weighted by Crippen LogP contribution is 2.25. The predicted octanol–water partition coefficient (Wildman–Crippen LogP) is 2.33. The summed E-state index contributed by atoms with van der Waals surface area (Å²) in [4.78, 5) is 14.5. The first kappa shape index (κ1) is 16.3. The van der Waals surface area contributed by atoms with E-state index in [1.165, 1.54) is 0 Å². The largest absolute Gasteiger partial charge is 0.394 e. The lowest BCUT2D eigenvalue weighted by molar-refractivity contribution is -0.139. The van der Waals surface area contributed by atoms with Gasteiger partial charge >= 0.3 is 0 Å². The third-order valence-corrected chi connectivity index (χ3v) is 3.77. The highest BCUT2D eigenvalue weighted by molar-refractivity contribution is 6.31. The van der Waals surface area contributed by atoms with Crippen molar-refractivity contribution in [3.63, 3.8) is 0 Å². The van der Waals surface area contributed by atoms with Crippen LogP contribution >= 0.6 is 11.6 Å². The summed E-state index contributed by atoms with van der Waals surface area (Å²) in [5, 5.41) is 9.90. The number of aromatic nitrogens is 1. The maximum absolute atomic E-state index is 12.8. The minimum atomic E-state index is -0.472. The van der Waals surface area contributed by atoms with Gasteiger partial charge in [-0.1, -0.05) is 11.6 Å². The van der Waals surface area contributed by atoms with Crippen LogP contribution in [0.5, 0.6) is 0 Å². The van der Waals surface area contributed by atoms with Gasteiger partial charge in [-0.3, -0.25) is 4.79 Å². The van der Waals surface area contributed by atoms with E-state index in [4.69, 9.17) is 16.3 Å². The van der Waals surface area contributed by atoms with E-state index < -0.39 is 5.60 Å². The Morgan fingerprint density at radius 1 is 1.57 bits per heavy atom. The van der Waals surface area contributed by atoms with Crippen molar-refractivity contribution < 1.29 is 14.6 Å². The molecule has 2 rings (SSSR count). The number of amides is 1. The lowest BCUT2D eigenvalue weighted by Crippen LogP contribution is -2.55. The number of nitrogens with zero attached hydrogens (tertiary/aromatic N) is 2. The highest BCUT2D eigenvalue weighted by atomic mass is 35.5. The second-order valence-corrected chi connectivity index (χ2v) is 6.85. The fourth-order valence-corrected chi connectivity index (χ4v) is 2.96. The zero-order chi connectivity index (χ0) is 15.8. The molecule has 1 amide bonds. The summed E-state index contributed by atoms with van der Waals surface area (Å²) >= 11 is 6.05. The maximum Gasteiger partial charge on any atom is 0.270 e. The molecule has 6 heteroatoms. The van der Waals surface area contributed by atoms with Crippen molar-refractivity contribution in [2.45, 2.75) is 45.4 Å². The molecule has 1 N–H and O–H groups in total. The van der Waals surface area contributed by atoms with Crippen molar-refractivity contribution in [3.05, 3.63) is 23.0 Å². The van der Waals surface area contributed by atoms with Crippen molar-refractivity contribution in [1.29, 1.82) is 0 Å². The van der Waals surface area contributed by atoms with Gasteiger partial charge in [0.2, 0.25) is 0 Å². The minimum Gasteiger partial charge on any atom is -0.394 e. The number of carbonyl (C=O) groups is 1. The maximum atomic E-state index is 12.8. The molecule has 5 nitrogen and oxygen atoms in total. The van der Waals surface area contributed by atoms with E-state index in [2.05, 4.69) is 0 Å². The van der Waals surface area contributed by atoms with E-state index in [1.54, 1.807) is 17.2 Å². The average molecular weight is 315 g/mol. The standard InChI is InChI=1S/C15H23ClN2O3/c1-10(2)18-6-11(16)5-13(18)14(20)17-7-12(8-19)21-15(3,4)9-17/h5-6,10,12,19H,7-9H2,1-4H3. The third kappa shape index (κ3) is 3.59. The van der Waals surface area contributed by atoms with Crippen molar-refractivity contribution in [1.82, 2.24) is 9.47 Å². The van der Waals surface area contributed by atoms with Crippen LogP contribution in [0.2, 0.25) is 5.02 Å². The second kappa shape index (κ2) is 5.99. The van der Waals surface area contributed by atoms with Crippen LogP contribution in [0, 0.1) is 0 Å². The number of aliphatic hydroxyl groups excluding tert-OH is 1. The van der Waals surface area contributed by atoms with E-state index in [-0.39, 0.29) is 24.7 Å². The molecule has 2 heterocycles. The molecular formula is C15H23ClN2O3. The van der Waals surface area contributed by atoms with Crippen LogP contribution < -0.4 is 0 Å². The van der Waals surface area contributed by atoms with E-state index in [1.807, 2.05) is 32.3 Å². The summed E-state index contributed by atoms with van der Waals surface area (Å²) in [5.41, 5.74) is 0.102. The number of hydrogen-bond acceptors (Lipinski definition) is 3. The fourth-order valence-electron chi connectivity index (χ4n) is 2.75. The van der Waals surface area contributed by atoms with E-state index in [0.29, 0.717) is 23.8 Å². The summed E-state index contributed by atoms with van der Waals surface area (Å²) in [6.45, 7) is 8.63. The Morgan fingerprint density at radius 3 is 2.81 bits per heavy atom. The summed E-state index contributed by atoms with van der Waals surface area (Å²) in [5.74, 6) is -0.0783. The van der Waals surface area contributed by atoms with Crippen molar-refractivity contribution in [2.75, 3.05) is 19.7 Å². The second-order valence-electron chi connectivity index (χ2n) is 6.41. The van der Waals surface area contributed by atoms with Crippen LogP contribution in [0.3, 0.4) is 0 Å². The molecule has 21 heavy (non-hydrogen) atoms. The third-order valence-electron chi connectivity index (χ3n) is 3.56. The number of hydrogen-bond donors (Lipinski definition) is 1. The molecule has 1 fully saturated rings. The first-order chi connectivity index (χ1) is 9.73. The first-order valence-electron chi connectivity index (χ1n) is 7.19. The summed E-state index contributed by atoms with van der Waals surface area (Å²) in [6.07, 6.45) is 1.42. The molecule has 1 saturated heterocycles. The molecule has 0 aromatic carbocycles. The molecular weight excluding hydrogens is 292 g/mol. The quantitative estimate of drug-likeness (QED) is 0.931. The van der Waals surface area contributed by atoms with Crippen LogP contribution in [0.15, 0.2) is 12.3 Å². The van der Waals surface area contributed by atoms with Gasteiger partial charge in [-0.15, -0.1) is 0 Å². The van der Waals surface area contributed by atoms with Gasteiger partial charge < -0.3 is 19.3 Å². The molecule has 0 bridgehead atoms. The molecule has 1 aromatic heterocycles. The van der Waals surface area contributed by atoms with Gasteiger partial charge in [0.25, 0.3) is 5.91 Å². The lowest BCUT2D eigenvalue weighted by atomic mass is 10.0. The molecule has 1 atom stereocenters. The molecule has 1 aromatic rings. The van der Waals surface area contributed by atoms with Crippen molar-refractivity contribution in [2.24, 2.45) is 0 Å². The van der Waals surface area contributed by atoms with Crippen molar-refractivity contribution in [3.8, 4) is 0 Å². The van der Waals surface area contributed by atoms with Crippen molar-refractivity contribution >= 4 is 17.5 Å². The number of carbonyl (C=O) groups excluding carboxylic acids is 1. The van der Waals surface area contributed by atoms with Gasteiger partial charge in [0.1, 0.15) is 5.69 Å². The number of morpholine rings is 1. The molecule has 1 aliphatic rings. The van der Waals surface area contributed by atoms with Gasteiger partial charge in [-0.2, -0.15) is 0 Å². The van der Waals surface area contributed by atoms with Gasteiger partial charge in [0.05, 0.1) is 23.3 Å². The molecule has 0 spiro atoms. The lowest BCUT2D eigenvalue weighted by Gasteiger charge is -2.42. The smallest absolute Gasteiger partial charge is 0.270 e. The zero-order valence-electron chi connectivity index (χ0n) is 13.0. The normalized spacial score (nSPS) is 21.9. The van der Waals surface area contributed by atoms with Gasteiger partial charge in [-0.05, 0) is 33.8 Å². The Bertz CT molecular complexity index is 525. The Morgan fingerprint density at radius 2 is 2.24 bits per heavy atom. The van der Waals surface area contributed by atoms with E-state index in [0.717, 1.165) is 0 Å². The van der Waals surface area contributed by atoms with Crippen LogP contribution in [0.25, 0.3) is 0 Å². The predicted molar refractivity (Wildman–Crippen MR) is 81.8 cm³/mol. The molecule has 0 saturated carbocycles. The molecule has 0 radical (unpaired) electrons. The zero-order valence-corrected chi connectivity index (χ0v) is 13.7. The summed E-state index contributed by atoms with van der Waals surface area (Å²) in [6, 6.07) is 1.85. The number of rotatable bonds is 3. The number of aliphatic hydroxyl groups is 1. The monoisotopic (exact) mass is 314 g/mol. The van der Waals surface area contributed by atoms with Crippen LogP contribution in [-0.2, 0) is 4.74 Å². The minimum absolute atomic E-state index is 0.0783. The average Bonchev–Trinajstić information content (AvgIpc) is 2.78. The topological polar surface area (TPSA) is 54.7 Å². The van der Waals surface area contributed by atoms with Crippen LogP contribution in [0.1, 0.15) is 44.2 Å². The van der Waals surface area contributed by atoms with Gasteiger partial charge in [-0.25, -0.2) is 0 Å². The van der Waals surface area contributed by atoms with Gasteiger partial charge in [0, 0.05) is 25.3 Å². The van der Waals surface area contributed by atoms with Crippen LogP contribution in [0.4, 0.5) is 0 Å². The Labute approximate surface area is 130 Å². The summed E-state index contributed by atoms with van der Waals surface area (Å²) < 4.78 is 7.62. The molecule has 0 aliphatic carbocycles. The van der Waals surface area contributed by atoms with Crippen LogP contribution in [-0.4, -0.2) is 51.9 Å². The van der Waals surface area contributed by atoms with E-state index in [9.17, 15) is 9.90 Å². The number of ether oxygens (including phenoxy) is 1. The Hall–Kier alpha value is -1.04. The molecule has 118 valence electrons. The Kier molecular flexibility index (Phi) is 4.66. The number of halogens is 1. The molecule has 1 unspecified atom stereocenters. The van der Waals surface area contributed by atoms with E-state index >= 15 is 0 Å². The molecule has 1 aliphatic heterocycles. The first-order valence-corrected chi connectivity index (χ1v) is 7.56. The summed E-state index contributed by atoms with van der Waals surface area (Å²) in [7, 11) is 0. The van der Waals surface area contributed by atoms with Gasteiger partial charge in [0.15, 0.2) is 0 Å².